The molecule has 3 aromatic carbocycles. The second-order valence-electron chi connectivity index (χ2n) is 11.7. The number of aromatic nitrogens is 3. The lowest BCUT2D eigenvalue weighted by Crippen LogP contribution is -2.36. The van der Waals surface area contributed by atoms with E-state index in [2.05, 4.69) is 69.0 Å². The standard InChI is InChI=1S/C35H39F3N6O2S/c1-4-6-27-10-7-24(2)22-31(27)43-19-5-20-47-34(43)41-33(45)39-18-17-25(3)21-26-8-11-28(12-9-26)32-40-23-44(42-32)29-13-15-30(16-14-29)46-35(36,37)38/h7-16,22-23,25H,4-6,17-21H2,1-3H3,(H,39,45)/b41-34-. The molecule has 2 heterocycles. The third kappa shape index (κ3) is 9.60. The normalized spacial score (nSPS) is 15.1. The Hall–Kier alpha value is -4.32. The number of nitrogens with one attached hydrogen (secondary N) is 1. The van der Waals surface area contributed by atoms with Gasteiger partial charge in [-0.1, -0.05) is 68.4 Å². The van der Waals surface area contributed by atoms with Crippen molar-refractivity contribution in [3.8, 4) is 22.8 Å². The van der Waals surface area contributed by atoms with Crippen LogP contribution < -0.4 is 15.0 Å². The first-order valence-corrected chi connectivity index (χ1v) is 16.8. The molecule has 1 atom stereocenters. The molecule has 1 aliphatic heterocycles. The number of urea groups is 1. The molecule has 1 fully saturated rings. The van der Waals surface area contributed by atoms with Crippen molar-refractivity contribution in [2.75, 3.05) is 23.7 Å². The van der Waals surface area contributed by atoms with Crippen LogP contribution in [0.1, 0.15) is 49.8 Å². The summed E-state index contributed by atoms with van der Waals surface area (Å²) in [6.45, 7) is 7.82. The van der Waals surface area contributed by atoms with E-state index in [0.717, 1.165) is 66.4 Å². The molecule has 4 aromatic rings. The lowest BCUT2D eigenvalue weighted by molar-refractivity contribution is -0.274. The Morgan fingerprint density at radius 3 is 2.60 bits per heavy atom. The van der Waals surface area contributed by atoms with Gasteiger partial charge in [0.05, 0.1) is 5.69 Å². The highest BCUT2D eigenvalue weighted by atomic mass is 32.2. The van der Waals surface area contributed by atoms with Crippen LogP contribution in [0.2, 0.25) is 0 Å². The molecule has 0 aliphatic carbocycles. The van der Waals surface area contributed by atoms with Gasteiger partial charge in [-0.3, -0.25) is 0 Å². The Morgan fingerprint density at radius 1 is 1.11 bits per heavy atom. The van der Waals surface area contributed by atoms with Crippen molar-refractivity contribution in [3.05, 3.63) is 89.7 Å². The average Bonchev–Trinajstić information content (AvgIpc) is 3.53. The average molecular weight is 665 g/mol. The number of nitrogens with zero attached hydrogens (tertiary/aromatic N) is 5. The van der Waals surface area contributed by atoms with Crippen molar-refractivity contribution in [2.24, 2.45) is 10.9 Å². The Balaban J connectivity index is 1.11. The third-order valence-electron chi connectivity index (χ3n) is 7.77. The highest BCUT2D eigenvalue weighted by Gasteiger charge is 2.31. The highest BCUT2D eigenvalue weighted by Crippen LogP contribution is 2.30. The predicted molar refractivity (Wildman–Crippen MR) is 181 cm³/mol. The molecule has 248 valence electrons. The number of amidine groups is 1. The summed E-state index contributed by atoms with van der Waals surface area (Å²) in [4.78, 5) is 23.9. The van der Waals surface area contributed by atoms with Crippen LogP contribution in [-0.4, -0.2) is 51.2 Å². The zero-order valence-electron chi connectivity index (χ0n) is 26.8. The van der Waals surface area contributed by atoms with E-state index < -0.39 is 6.36 Å². The van der Waals surface area contributed by atoms with Crippen LogP contribution in [0, 0.1) is 12.8 Å². The van der Waals surface area contributed by atoms with Gasteiger partial charge in [0.2, 0.25) is 0 Å². The van der Waals surface area contributed by atoms with Crippen LogP contribution in [-0.2, 0) is 12.8 Å². The topological polar surface area (TPSA) is 84.6 Å². The first-order valence-electron chi connectivity index (χ1n) is 15.8. The minimum absolute atomic E-state index is 0.299. The number of aryl methyl sites for hydroxylation is 2. The number of halogens is 3. The maximum atomic E-state index is 12.8. The number of carbonyl (C=O) groups excluding carboxylic acids is 1. The Kier molecular flexibility index (Phi) is 11.2. The van der Waals surface area contributed by atoms with Gasteiger partial charge in [0.25, 0.3) is 0 Å². The summed E-state index contributed by atoms with van der Waals surface area (Å²) in [6.07, 6.45) is 1.52. The number of carbonyl (C=O) groups is 1. The number of hydrogen-bond acceptors (Lipinski definition) is 5. The van der Waals surface area contributed by atoms with Gasteiger partial charge in [0, 0.05) is 30.1 Å². The molecule has 1 aromatic heterocycles. The fourth-order valence-electron chi connectivity index (χ4n) is 5.45. The fraction of sp³-hybridized carbons (Fsp3) is 0.371. The van der Waals surface area contributed by atoms with E-state index in [1.54, 1.807) is 11.8 Å². The van der Waals surface area contributed by atoms with Gasteiger partial charge in [-0.25, -0.2) is 14.5 Å². The summed E-state index contributed by atoms with van der Waals surface area (Å²) in [6, 6.07) is 19.6. The van der Waals surface area contributed by atoms with Gasteiger partial charge in [0.1, 0.15) is 12.1 Å². The van der Waals surface area contributed by atoms with Crippen LogP contribution in [0.5, 0.6) is 5.75 Å². The number of ether oxygens (including phenoxy) is 1. The fourth-order valence-corrected chi connectivity index (χ4v) is 6.40. The number of alkyl halides is 3. The van der Waals surface area contributed by atoms with Crippen molar-refractivity contribution in [1.29, 1.82) is 0 Å². The summed E-state index contributed by atoms with van der Waals surface area (Å²) < 4.78 is 42.7. The second kappa shape index (κ2) is 15.5. The zero-order chi connectivity index (χ0) is 33.4. The number of hydrogen-bond donors (Lipinski definition) is 1. The molecule has 8 nitrogen and oxygen atoms in total. The number of aliphatic imine (C=N–C) groups is 1. The van der Waals surface area contributed by atoms with Gasteiger partial charge < -0.3 is 15.0 Å². The van der Waals surface area contributed by atoms with Gasteiger partial charge >= 0.3 is 12.4 Å². The summed E-state index contributed by atoms with van der Waals surface area (Å²) in [5.74, 6) is 1.49. The van der Waals surface area contributed by atoms with Gasteiger partial charge in [0.15, 0.2) is 11.0 Å². The lowest BCUT2D eigenvalue weighted by Gasteiger charge is -2.31. The third-order valence-corrected chi connectivity index (χ3v) is 8.84. The Bertz CT molecular complexity index is 1670. The van der Waals surface area contributed by atoms with Crippen LogP contribution in [0.25, 0.3) is 17.1 Å². The van der Waals surface area contributed by atoms with E-state index in [9.17, 15) is 18.0 Å². The molecule has 12 heteroatoms. The number of thioether (sulfide) groups is 1. The lowest BCUT2D eigenvalue weighted by atomic mass is 9.97. The molecule has 1 N–H and O–H groups in total. The molecule has 0 spiro atoms. The molecule has 1 unspecified atom stereocenters. The largest absolute Gasteiger partial charge is 0.573 e. The van der Waals surface area contributed by atoms with E-state index in [1.807, 2.05) is 24.3 Å². The van der Waals surface area contributed by atoms with Crippen molar-refractivity contribution >= 4 is 28.6 Å². The molecular weight excluding hydrogens is 625 g/mol. The van der Waals surface area contributed by atoms with E-state index in [4.69, 9.17) is 0 Å². The van der Waals surface area contributed by atoms with E-state index >= 15 is 0 Å². The van der Waals surface area contributed by atoms with Crippen molar-refractivity contribution in [2.45, 2.75) is 59.2 Å². The SMILES string of the molecule is CCCc1ccc(C)cc1N1CCCS/C1=N\C(=O)NCCC(C)Cc1ccc(-c2ncn(-c3ccc(OC(F)(F)F)cc3)n2)cc1. The smallest absolute Gasteiger partial charge is 0.406 e. The van der Waals surface area contributed by atoms with Crippen LogP contribution in [0.4, 0.5) is 23.7 Å². The summed E-state index contributed by atoms with van der Waals surface area (Å²) in [5, 5.41) is 8.22. The minimum Gasteiger partial charge on any atom is -0.406 e. The molecule has 0 bridgehead atoms. The van der Waals surface area contributed by atoms with Crippen LogP contribution in [0.3, 0.4) is 0 Å². The first-order chi connectivity index (χ1) is 22.6. The van der Waals surface area contributed by atoms with Crippen molar-refractivity contribution in [3.63, 3.8) is 0 Å². The maximum Gasteiger partial charge on any atom is 0.573 e. The van der Waals surface area contributed by atoms with Crippen LogP contribution in [0.15, 0.2) is 78.0 Å². The monoisotopic (exact) mass is 664 g/mol. The number of anilines is 1. The second-order valence-corrected chi connectivity index (χ2v) is 12.8. The molecule has 1 aliphatic rings. The van der Waals surface area contributed by atoms with Crippen molar-refractivity contribution < 1.29 is 22.7 Å². The molecule has 1 saturated heterocycles. The predicted octanol–water partition coefficient (Wildman–Crippen LogP) is 8.37. The molecule has 5 rings (SSSR count). The summed E-state index contributed by atoms with van der Waals surface area (Å²) in [5.41, 5.74) is 6.18. The van der Waals surface area contributed by atoms with E-state index in [-0.39, 0.29) is 11.8 Å². The highest BCUT2D eigenvalue weighted by molar-refractivity contribution is 8.14. The maximum absolute atomic E-state index is 12.8. The molecule has 0 saturated carbocycles. The Morgan fingerprint density at radius 2 is 1.87 bits per heavy atom. The number of amides is 2. The van der Waals surface area contributed by atoms with Gasteiger partial charge in [-0.05, 0) is 85.5 Å². The number of rotatable bonds is 11. The van der Waals surface area contributed by atoms with Gasteiger partial charge in [-0.2, -0.15) is 4.99 Å². The molecule has 47 heavy (non-hydrogen) atoms. The van der Waals surface area contributed by atoms with Gasteiger partial charge in [-0.15, -0.1) is 18.3 Å². The minimum atomic E-state index is -4.74. The Labute approximate surface area is 277 Å². The van der Waals surface area contributed by atoms with Crippen molar-refractivity contribution in [1.82, 2.24) is 20.1 Å². The molecule has 0 radical (unpaired) electrons. The first kappa shape index (κ1) is 34.0. The summed E-state index contributed by atoms with van der Waals surface area (Å²) in [7, 11) is 0. The summed E-state index contributed by atoms with van der Waals surface area (Å²) >= 11 is 1.64. The molecular formula is C35H39F3N6O2S. The quantitative estimate of drug-likeness (QED) is 0.174. The van der Waals surface area contributed by atoms with Crippen LogP contribution >= 0.6 is 11.8 Å². The molecule has 2 amide bonds. The van der Waals surface area contributed by atoms with E-state index in [0.29, 0.717) is 24.0 Å². The number of benzene rings is 3. The van der Waals surface area contributed by atoms with E-state index in [1.165, 1.54) is 46.4 Å². The zero-order valence-corrected chi connectivity index (χ0v) is 27.6.